The fourth-order valence-corrected chi connectivity index (χ4v) is 2.53. The Balaban J connectivity index is 2.12. The van der Waals surface area contributed by atoms with E-state index in [0.717, 1.165) is 31.6 Å². The molecule has 0 radical (unpaired) electrons. The first-order valence-electron chi connectivity index (χ1n) is 5.92. The van der Waals surface area contributed by atoms with E-state index in [4.69, 9.17) is 21.4 Å². The molecule has 0 unspecified atom stereocenters. The van der Waals surface area contributed by atoms with E-state index < -0.39 is 5.97 Å². The second-order valence-electron chi connectivity index (χ2n) is 4.39. The lowest BCUT2D eigenvalue weighted by atomic mass is 10.1. The maximum atomic E-state index is 10.8. The monoisotopic (exact) mass is 269 g/mol. The molecule has 1 N–H and O–H groups in total. The predicted octanol–water partition coefficient (Wildman–Crippen LogP) is 2.65. The quantitative estimate of drug-likeness (QED) is 0.917. The highest BCUT2D eigenvalue weighted by Gasteiger charge is 2.20. The number of carboxylic acid groups (broad SMARTS) is 1. The third kappa shape index (κ3) is 2.76. The average molecular weight is 270 g/mol. The van der Waals surface area contributed by atoms with E-state index in [1.165, 1.54) is 6.07 Å². The molecule has 1 heterocycles. The minimum absolute atomic E-state index is 0.218. The van der Waals surface area contributed by atoms with Crippen molar-refractivity contribution >= 4 is 23.3 Å². The van der Waals surface area contributed by atoms with Crippen molar-refractivity contribution in [3.05, 3.63) is 28.8 Å². The Bertz CT molecular complexity index is 442. The van der Waals surface area contributed by atoms with Gasteiger partial charge in [-0.2, -0.15) is 0 Å². The van der Waals surface area contributed by atoms with Gasteiger partial charge in [0.05, 0.1) is 22.4 Å². The fourth-order valence-electron chi connectivity index (χ4n) is 2.23. The molecule has 1 aromatic rings. The zero-order valence-corrected chi connectivity index (χ0v) is 11.0. The van der Waals surface area contributed by atoms with Gasteiger partial charge in [-0.25, -0.2) is 4.79 Å². The molecule has 0 aromatic heterocycles. The molecule has 0 amide bonds. The van der Waals surface area contributed by atoms with Gasteiger partial charge in [0.15, 0.2) is 0 Å². The van der Waals surface area contributed by atoms with Crippen molar-refractivity contribution in [3.8, 4) is 0 Å². The largest absolute Gasteiger partial charge is 0.478 e. The Morgan fingerprint density at radius 2 is 2.11 bits per heavy atom. The van der Waals surface area contributed by atoms with Crippen LogP contribution in [-0.2, 0) is 4.74 Å². The lowest BCUT2D eigenvalue weighted by molar-refractivity contribution is 0.0697. The first-order chi connectivity index (χ1) is 8.61. The molecule has 1 saturated heterocycles. The molecule has 98 valence electrons. The van der Waals surface area contributed by atoms with Crippen LogP contribution in [0.1, 0.15) is 23.2 Å². The molecule has 1 aliphatic rings. The molecule has 18 heavy (non-hydrogen) atoms. The number of methoxy groups -OCH3 is 1. The van der Waals surface area contributed by atoms with Crippen molar-refractivity contribution in [2.45, 2.75) is 18.9 Å². The molecule has 1 aliphatic heterocycles. The summed E-state index contributed by atoms with van der Waals surface area (Å²) in [6, 6.07) is 4.87. The topological polar surface area (TPSA) is 49.8 Å². The van der Waals surface area contributed by atoms with Gasteiger partial charge in [-0.3, -0.25) is 0 Å². The van der Waals surface area contributed by atoms with Crippen LogP contribution < -0.4 is 4.90 Å². The van der Waals surface area contributed by atoms with E-state index in [-0.39, 0.29) is 5.56 Å². The Hall–Kier alpha value is -1.26. The van der Waals surface area contributed by atoms with Gasteiger partial charge in [-0.05, 0) is 31.0 Å². The third-order valence-corrected chi connectivity index (χ3v) is 3.61. The molecule has 5 heteroatoms. The van der Waals surface area contributed by atoms with Gasteiger partial charge in [0.2, 0.25) is 0 Å². The SMILES string of the molecule is COC1CCN(c2ccc(C(=O)O)cc2Cl)CC1. The smallest absolute Gasteiger partial charge is 0.335 e. The van der Waals surface area contributed by atoms with Crippen LogP contribution in [0.15, 0.2) is 18.2 Å². The summed E-state index contributed by atoms with van der Waals surface area (Å²) in [5.74, 6) is -0.957. The number of halogens is 1. The van der Waals surface area contributed by atoms with Crippen molar-refractivity contribution in [3.63, 3.8) is 0 Å². The summed E-state index contributed by atoms with van der Waals surface area (Å²) < 4.78 is 5.32. The van der Waals surface area contributed by atoms with Crippen molar-refractivity contribution in [2.24, 2.45) is 0 Å². The van der Waals surface area contributed by atoms with Crippen LogP contribution in [0.5, 0.6) is 0 Å². The normalized spacial score (nSPS) is 16.9. The summed E-state index contributed by atoms with van der Waals surface area (Å²) in [6.45, 7) is 1.76. The average Bonchev–Trinajstić information content (AvgIpc) is 2.38. The molecule has 0 bridgehead atoms. The number of hydrogen-bond acceptors (Lipinski definition) is 3. The van der Waals surface area contributed by atoms with Gasteiger partial charge in [-0.15, -0.1) is 0 Å². The first kappa shape index (κ1) is 13.2. The molecule has 0 spiro atoms. The number of benzene rings is 1. The second-order valence-corrected chi connectivity index (χ2v) is 4.80. The fraction of sp³-hybridized carbons (Fsp3) is 0.462. The molecular weight excluding hydrogens is 254 g/mol. The van der Waals surface area contributed by atoms with Gasteiger partial charge in [0, 0.05) is 20.2 Å². The first-order valence-corrected chi connectivity index (χ1v) is 6.30. The summed E-state index contributed by atoms with van der Waals surface area (Å²) in [6.07, 6.45) is 2.25. The van der Waals surface area contributed by atoms with Crippen LogP contribution in [0.25, 0.3) is 0 Å². The van der Waals surface area contributed by atoms with E-state index >= 15 is 0 Å². The molecule has 0 atom stereocenters. The van der Waals surface area contributed by atoms with Gasteiger partial charge >= 0.3 is 5.97 Å². The lowest BCUT2D eigenvalue weighted by Crippen LogP contribution is -2.36. The zero-order chi connectivity index (χ0) is 13.1. The van der Waals surface area contributed by atoms with Crippen LogP contribution >= 0.6 is 11.6 Å². The van der Waals surface area contributed by atoms with Crippen LogP contribution in [0.2, 0.25) is 5.02 Å². The summed E-state index contributed by atoms with van der Waals surface area (Å²) >= 11 is 6.14. The van der Waals surface area contributed by atoms with Crippen LogP contribution in [-0.4, -0.2) is 37.4 Å². The number of ether oxygens (including phenoxy) is 1. The number of carbonyl (C=O) groups is 1. The van der Waals surface area contributed by atoms with Gasteiger partial charge < -0.3 is 14.7 Å². The second kappa shape index (κ2) is 5.59. The summed E-state index contributed by atoms with van der Waals surface area (Å²) in [4.78, 5) is 13.0. The van der Waals surface area contributed by atoms with Crippen molar-refractivity contribution in [1.82, 2.24) is 0 Å². The van der Waals surface area contributed by atoms with E-state index in [2.05, 4.69) is 4.90 Å². The molecular formula is C13H16ClNO3. The number of hydrogen-bond donors (Lipinski definition) is 1. The van der Waals surface area contributed by atoms with Gasteiger partial charge in [-0.1, -0.05) is 11.6 Å². The van der Waals surface area contributed by atoms with Gasteiger partial charge in [0.1, 0.15) is 0 Å². The zero-order valence-electron chi connectivity index (χ0n) is 10.2. The van der Waals surface area contributed by atoms with Crippen molar-refractivity contribution in [1.29, 1.82) is 0 Å². The van der Waals surface area contributed by atoms with Crippen LogP contribution in [0.4, 0.5) is 5.69 Å². The van der Waals surface area contributed by atoms with E-state index in [1.54, 1.807) is 19.2 Å². The third-order valence-electron chi connectivity index (χ3n) is 3.31. The Morgan fingerprint density at radius 1 is 1.44 bits per heavy atom. The highest BCUT2D eigenvalue weighted by Crippen LogP contribution is 2.29. The number of carboxylic acids is 1. The van der Waals surface area contributed by atoms with E-state index in [9.17, 15) is 4.79 Å². The Labute approximate surface area is 111 Å². The van der Waals surface area contributed by atoms with Crippen LogP contribution in [0, 0.1) is 0 Å². The van der Waals surface area contributed by atoms with E-state index in [1.807, 2.05) is 0 Å². The number of piperidine rings is 1. The molecule has 0 aliphatic carbocycles. The standard InChI is InChI=1S/C13H16ClNO3/c1-18-10-4-6-15(7-5-10)12-3-2-9(13(16)17)8-11(12)14/h2-3,8,10H,4-7H2,1H3,(H,16,17). The molecule has 0 saturated carbocycles. The highest BCUT2D eigenvalue weighted by atomic mass is 35.5. The van der Waals surface area contributed by atoms with Crippen molar-refractivity contribution < 1.29 is 14.6 Å². The summed E-state index contributed by atoms with van der Waals surface area (Å²) in [7, 11) is 1.73. The summed E-state index contributed by atoms with van der Waals surface area (Å²) in [5, 5.41) is 9.38. The molecule has 1 aromatic carbocycles. The Morgan fingerprint density at radius 3 is 2.61 bits per heavy atom. The maximum absolute atomic E-state index is 10.8. The lowest BCUT2D eigenvalue weighted by Gasteiger charge is -2.33. The van der Waals surface area contributed by atoms with Crippen molar-refractivity contribution in [2.75, 3.05) is 25.1 Å². The molecule has 2 rings (SSSR count). The number of nitrogens with zero attached hydrogens (tertiary/aromatic N) is 1. The highest BCUT2D eigenvalue weighted by molar-refractivity contribution is 6.33. The summed E-state index contributed by atoms with van der Waals surface area (Å²) in [5.41, 5.74) is 1.12. The number of aromatic carboxylic acids is 1. The molecule has 1 fully saturated rings. The number of rotatable bonds is 3. The van der Waals surface area contributed by atoms with E-state index in [0.29, 0.717) is 11.1 Å². The number of anilines is 1. The minimum Gasteiger partial charge on any atom is -0.478 e. The van der Waals surface area contributed by atoms with Gasteiger partial charge in [0.25, 0.3) is 0 Å². The maximum Gasteiger partial charge on any atom is 0.335 e. The molecule has 4 nitrogen and oxygen atoms in total. The Kier molecular flexibility index (Phi) is 4.09. The minimum atomic E-state index is -0.957. The predicted molar refractivity (Wildman–Crippen MR) is 70.7 cm³/mol. The van der Waals surface area contributed by atoms with Crippen LogP contribution in [0.3, 0.4) is 0 Å².